The Morgan fingerprint density at radius 2 is 1.15 bits per heavy atom. The lowest BCUT2D eigenvalue weighted by Gasteiger charge is -2.31. The zero-order chi connectivity index (χ0) is 10.3. The Hall–Kier alpha value is -0.730. The van der Waals surface area contributed by atoms with Crippen LogP contribution >= 0.6 is 0 Å². The highest BCUT2D eigenvalue weighted by Gasteiger charge is 2.11. The lowest BCUT2D eigenvalue weighted by atomic mass is 10.4. The third-order valence-corrected chi connectivity index (χ3v) is 2.29. The molecule has 0 saturated carbocycles. The minimum Gasteiger partial charge on any atom is -0.343 e. The summed E-state index contributed by atoms with van der Waals surface area (Å²) >= 11 is 0. The van der Waals surface area contributed by atoms with Crippen molar-refractivity contribution >= 4 is 5.96 Å². The zero-order valence-electron chi connectivity index (χ0n) is 9.67. The molecular weight excluding hydrogens is 162 g/mol. The van der Waals surface area contributed by atoms with Gasteiger partial charge in [0.1, 0.15) is 0 Å². The zero-order valence-corrected chi connectivity index (χ0v) is 9.67. The molecule has 0 aromatic rings. The van der Waals surface area contributed by atoms with Gasteiger partial charge >= 0.3 is 0 Å². The van der Waals surface area contributed by atoms with Crippen molar-refractivity contribution in [3.8, 4) is 0 Å². The fraction of sp³-hybridized carbons (Fsp3) is 0.900. The van der Waals surface area contributed by atoms with Crippen LogP contribution in [0, 0.1) is 0 Å². The summed E-state index contributed by atoms with van der Waals surface area (Å²) in [5, 5.41) is 0. The molecule has 0 aromatic heterocycles. The highest BCUT2D eigenvalue weighted by atomic mass is 15.4. The number of nitrogens with zero attached hydrogens (tertiary/aromatic N) is 3. The smallest absolute Gasteiger partial charge is 0.196 e. The molecule has 0 aliphatic carbocycles. The number of hydrogen-bond donors (Lipinski definition) is 0. The third-order valence-electron chi connectivity index (χ3n) is 2.29. The highest BCUT2D eigenvalue weighted by Crippen LogP contribution is 1.98. The van der Waals surface area contributed by atoms with Gasteiger partial charge in [-0.3, -0.25) is 4.99 Å². The Morgan fingerprint density at radius 1 is 0.846 bits per heavy atom. The van der Waals surface area contributed by atoms with Crippen LogP contribution in [-0.2, 0) is 0 Å². The Morgan fingerprint density at radius 3 is 1.31 bits per heavy atom. The van der Waals surface area contributed by atoms with E-state index in [0.717, 1.165) is 32.1 Å². The van der Waals surface area contributed by atoms with Crippen LogP contribution in [0.25, 0.3) is 0 Å². The molecule has 13 heavy (non-hydrogen) atoms. The van der Waals surface area contributed by atoms with Gasteiger partial charge in [0, 0.05) is 33.2 Å². The van der Waals surface area contributed by atoms with Crippen LogP contribution in [0.5, 0.6) is 0 Å². The second kappa shape index (κ2) is 6.75. The molecule has 0 amide bonds. The van der Waals surface area contributed by atoms with E-state index in [2.05, 4.69) is 42.5 Å². The molecule has 0 unspecified atom stereocenters. The largest absolute Gasteiger partial charge is 0.343 e. The summed E-state index contributed by atoms with van der Waals surface area (Å²) in [6.45, 7) is 12.8. The van der Waals surface area contributed by atoms with Crippen LogP contribution in [-0.4, -0.2) is 49.0 Å². The topological polar surface area (TPSA) is 18.8 Å². The average molecular weight is 185 g/mol. The van der Waals surface area contributed by atoms with E-state index >= 15 is 0 Å². The van der Waals surface area contributed by atoms with E-state index in [4.69, 9.17) is 0 Å². The first-order chi connectivity index (χ1) is 6.24. The molecule has 0 fully saturated rings. The minimum atomic E-state index is 1.03. The summed E-state index contributed by atoms with van der Waals surface area (Å²) in [4.78, 5) is 8.91. The maximum Gasteiger partial charge on any atom is 0.196 e. The SMILES string of the molecule is CCN(CC)C(=NC)N(CC)CC. The quantitative estimate of drug-likeness (QED) is 0.490. The van der Waals surface area contributed by atoms with Gasteiger partial charge in [-0.2, -0.15) is 0 Å². The Kier molecular flexibility index (Phi) is 6.37. The summed E-state index contributed by atoms with van der Waals surface area (Å²) in [6, 6.07) is 0. The van der Waals surface area contributed by atoms with Crippen molar-refractivity contribution in [3.05, 3.63) is 0 Å². The van der Waals surface area contributed by atoms with Gasteiger partial charge in [0.05, 0.1) is 0 Å². The molecule has 0 rings (SSSR count). The molecule has 0 atom stereocenters. The monoisotopic (exact) mass is 185 g/mol. The molecule has 3 heteroatoms. The Bertz CT molecular complexity index is 132. The maximum atomic E-state index is 4.34. The van der Waals surface area contributed by atoms with E-state index < -0.39 is 0 Å². The van der Waals surface area contributed by atoms with Crippen molar-refractivity contribution in [3.63, 3.8) is 0 Å². The van der Waals surface area contributed by atoms with Gasteiger partial charge in [0.15, 0.2) is 5.96 Å². The molecule has 0 aromatic carbocycles. The van der Waals surface area contributed by atoms with Crippen LogP contribution in [0.4, 0.5) is 0 Å². The maximum absolute atomic E-state index is 4.34. The van der Waals surface area contributed by atoms with Gasteiger partial charge < -0.3 is 9.80 Å². The van der Waals surface area contributed by atoms with Crippen molar-refractivity contribution in [2.24, 2.45) is 4.99 Å². The summed E-state index contributed by atoms with van der Waals surface area (Å²) < 4.78 is 0. The highest BCUT2D eigenvalue weighted by molar-refractivity contribution is 5.79. The fourth-order valence-corrected chi connectivity index (χ4v) is 1.50. The molecule has 0 heterocycles. The standard InChI is InChI=1S/C10H23N3/c1-6-12(7-2)10(11-5)13(8-3)9-4/h6-9H2,1-5H3. The molecule has 0 saturated heterocycles. The summed E-state index contributed by atoms with van der Waals surface area (Å²) in [5.41, 5.74) is 0. The second-order valence-corrected chi connectivity index (χ2v) is 2.87. The molecule has 0 aliphatic heterocycles. The molecule has 0 aliphatic rings. The van der Waals surface area contributed by atoms with Crippen LogP contribution in [0.2, 0.25) is 0 Å². The molecular formula is C10H23N3. The number of guanidine groups is 1. The summed E-state index contributed by atoms with van der Waals surface area (Å²) in [7, 11) is 1.87. The van der Waals surface area contributed by atoms with Crippen LogP contribution in [0.15, 0.2) is 4.99 Å². The molecule has 0 radical (unpaired) electrons. The predicted octanol–water partition coefficient (Wildman–Crippen LogP) is 1.66. The molecule has 3 nitrogen and oxygen atoms in total. The Labute approximate surface area is 82.4 Å². The second-order valence-electron chi connectivity index (χ2n) is 2.87. The normalized spacial score (nSPS) is 9.62. The van der Waals surface area contributed by atoms with Crippen molar-refractivity contribution in [2.75, 3.05) is 33.2 Å². The predicted molar refractivity (Wildman–Crippen MR) is 59.2 cm³/mol. The average Bonchev–Trinajstić information content (AvgIpc) is 2.18. The number of rotatable bonds is 4. The number of hydrogen-bond acceptors (Lipinski definition) is 1. The lowest BCUT2D eigenvalue weighted by Crippen LogP contribution is -2.44. The lowest BCUT2D eigenvalue weighted by molar-refractivity contribution is 0.350. The van der Waals surface area contributed by atoms with Gasteiger partial charge in [-0.1, -0.05) is 0 Å². The van der Waals surface area contributed by atoms with Gasteiger partial charge in [0.25, 0.3) is 0 Å². The van der Waals surface area contributed by atoms with Crippen molar-refractivity contribution in [2.45, 2.75) is 27.7 Å². The van der Waals surface area contributed by atoms with E-state index in [-0.39, 0.29) is 0 Å². The van der Waals surface area contributed by atoms with Gasteiger partial charge in [-0.25, -0.2) is 0 Å². The molecule has 78 valence electrons. The first-order valence-electron chi connectivity index (χ1n) is 5.21. The Balaban J connectivity index is 4.47. The van der Waals surface area contributed by atoms with Crippen LogP contribution < -0.4 is 0 Å². The van der Waals surface area contributed by atoms with E-state index in [1.165, 1.54) is 0 Å². The first-order valence-corrected chi connectivity index (χ1v) is 5.21. The van der Waals surface area contributed by atoms with E-state index in [9.17, 15) is 0 Å². The van der Waals surface area contributed by atoms with Crippen molar-refractivity contribution in [1.82, 2.24) is 9.80 Å². The van der Waals surface area contributed by atoms with Gasteiger partial charge in [-0.05, 0) is 27.7 Å². The number of aliphatic imine (C=N–C) groups is 1. The third kappa shape index (κ3) is 3.25. The van der Waals surface area contributed by atoms with Crippen molar-refractivity contribution in [1.29, 1.82) is 0 Å². The first kappa shape index (κ1) is 12.3. The fourth-order valence-electron chi connectivity index (χ4n) is 1.50. The van der Waals surface area contributed by atoms with E-state index in [1.807, 2.05) is 7.05 Å². The summed E-state index contributed by atoms with van der Waals surface area (Å²) in [6.07, 6.45) is 0. The minimum absolute atomic E-state index is 1.03. The molecule has 0 spiro atoms. The van der Waals surface area contributed by atoms with Gasteiger partial charge in [-0.15, -0.1) is 0 Å². The van der Waals surface area contributed by atoms with Gasteiger partial charge in [0.2, 0.25) is 0 Å². The molecule has 0 bridgehead atoms. The summed E-state index contributed by atoms with van der Waals surface area (Å²) in [5.74, 6) is 1.12. The molecule has 0 N–H and O–H groups in total. The van der Waals surface area contributed by atoms with E-state index in [0.29, 0.717) is 0 Å². The van der Waals surface area contributed by atoms with E-state index in [1.54, 1.807) is 0 Å². The van der Waals surface area contributed by atoms with Crippen molar-refractivity contribution < 1.29 is 0 Å². The van der Waals surface area contributed by atoms with Crippen LogP contribution in [0.1, 0.15) is 27.7 Å². The van der Waals surface area contributed by atoms with Crippen LogP contribution in [0.3, 0.4) is 0 Å².